The Hall–Kier alpha value is -4.07. The van der Waals surface area contributed by atoms with Crippen molar-refractivity contribution in [2.45, 2.75) is 19.0 Å². The van der Waals surface area contributed by atoms with Crippen LogP contribution in [0.1, 0.15) is 17.2 Å². The highest BCUT2D eigenvalue weighted by molar-refractivity contribution is 5.79. The lowest BCUT2D eigenvalue weighted by Gasteiger charge is -2.20. The van der Waals surface area contributed by atoms with Gasteiger partial charge >= 0.3 is 5.69 Å². The summed E-state index contributed by atoms with van der Waals surface area (Å²) in [6.45, 7) is -0.520. The first-order valence-electron chi connectivity index (χ1n) is 9.92. The Kier molecular flexibility index (Phi) is 5.93. The maximum atomic E-state index is 13.8. The fraction of sp³-hybridized carbons (Fsp3) is 0.125. The molecular weight excluding hydrogens is 416 g/mol. The van der Waals surface area contributed by atoms with Crippen molar-refractivity contribution in [2.24, 2.45) is 0 Å². The first-order valence-corrected chi connectivity index (χ1v) is 9.92. The van der Waals surface area contributed by atoms with Gasteiger partial charge in [0.15, 0.2) is 0 Å². The van der Waals surface area contributed by atoms with Crippen molar-refractivity contribution in [1.82, 2.24) is 14.9 Å². The molecule has 0 bridgehead atoms. The molecule has 1 unspecified atom stereocenters. The predicted molar refractivity (Wildman–Crippen MR) is 116 cm³/mol. The van der Waals surface area contributed by atoms with Crippen molar-refractivity contribution in [3.8, 4) is 0 Å². The van der Waals surface area contributed by atoms with Crippen LogP contribution in [0.3, 0.4) is 0 Å². The minimum atomic E-state index is -0.712. The second-order valence-electron chi connectivity index (χ2n) is 7.38. The van der Waals surface area contributed by atoms with Gasteiger partial charge in [0.25, 0.3) is 5.56 Å². The van der Waals surface area contributed by atoms with Crippen molar-refractivity contribution in [3.63, 3.8) is 0 Å². The molecule has 0 fully saturated rings. The van der Waals surface area contributed by atoms with Gasteiger partial charge in [0, 0.05) is 0 Å². The van der Waals surface area contributed by atoms with Crippen molar-refractivity contribution in [1.29, 1.82) is 0 Å². The molecule has 0 saturated heterocycles. The molecule has 162 valence electrons. The largest absolute Gasteiger partial charge is 0.347 e. The molecular formula is C24H19F2N3O3. The van der Waals surface area contributed by atoms with E-state index in [1.807, 2.05) is 0 Å². The van der Waals surface area contributed by atoms with Crippen LogP contribution in [-0.2, 0) is 17.8 Å². The number of nitrogens with one attached hydrogen (secondary N) is 2. The number of benzene rings is 3. The number of carbonyl (C=O) groups is 1. The van der Waals surface area contributed by atoms with Crippen molar-refractivity contribution >= 4 is 16.8 Å². The molecule has 1 amide bonds. The Morgan fingerprint density at radius 3 is 2.41 bits per heavy atom. The van der Waals surface area contributed by atoms with Gasteiger partial charge in [-0.15, -0.1) is 0 Å². The van der Waals surface area contributed by atoms with Gasteiger partial charge in [-0.2, -0.15) is 0 Å². The van der Waals surface area contributed by atoms with Crippen molar-refractivity contribution in [2.75, 3.05) is 0 Å². The molecule has 0 aliphatic rings. The summed E-state index contributed by atoms with van der Waals surface area (Å²) in [6.07, 6.45) is 0.190. The van der Waals surface area contributed by atoms with Crippen LogP contribution >= 0.6 is 0 Å². The number of hydrogen-bond donors (Lipinski definition) is 2. The van der Waals surface area contributed by atoms with E-state index in [1.54, 1.807) is 42.5 Å². The first kappa shape index (κ1) is 21.2. The molecule has 0 spiro atoms. The van der Waals surface area contributed by atoms with E-state index in [2.05, 4.69) is 10.3 Å². The number of fused-ring (bicyclic) bond motifs is 1. The van der Waals surface area contributed by atoms with E-state index in [0.29, 0.717) is 16.6 Å². The van der Waals surface area contributed by atoms with E-state index in [9.17, 15) is 23.2 Å². The third kappa shape index (κ3) is 4.64. The van der Waals surface area contributed by atoms with Crippen LogP contribution in [0.5, 0.6) is 0 Å². The predicted octanol–water partition coefficient (Wildman–Crippen LogP) is 3.07. The number of carbonyl (C=O) groups excluding carboxylic acids is 1. The number of amides is 1. The minimum Gasteiger partial charge on any atom is -0.347 e. The molecule has 1 heterocycles. The maximum Gasteiger partial charge on any atom is 0.329 e. The highest BCUT2D eigenvalue weighted by Crippen LogP contribution is 2.20. The molecule has 4 rings (SSSR count). The summed E-state index contributed by atoms with van der Waals surface area (Å²) in [4.78, 5) is 40.4. The molecule has 3 aromatic carbocycles. The van der Waals surface area contributed by atoms with Gasteiger partial charge in [-0.1, -0.05) is 36.4 Å². The van der Waals surface area contributed by atoms with Crippen LogP contribution in [0.15, 0.2) is 82.4 Å². The molecule has 8 heteroatoms. The van der Waals surface area contributed by atoms with E-state index in [4.69, 9.17) is 0 Å². The highest BCUT2D eigenvalue weighted by Gasteiger charge is 2.18. The quantitative estimate of drug-likeness (QED) is 0.488. The number of aromatic nitrogens is 2. The lowest BCUT2D eigenvalue weighted by Crippen LogP contribution is -2.41. The normalized spacial score (nSPS) is 11.9. The zero-order chi connectivity index (χ0) is 22.7. The number of rotatable bonds is 6. The van der Waals surface area contributed by atoms with Crippen LogP contribution in [0.2, 0.25) is 0 Å². The smallest absolute Gasteiger partial charge is 0.329 e. The first-order chi connectivity index (χ1) is 15.4. The summed E-state index contributed by atoms with van der Waals surface area (Å²) in [6, 6.07) is 17.4. The van der Waals surface area contributed by atoms with Gasteiger partial charge in [0.05, 0.1) is 16.9 Å². The standard InChI is InChI=1S/C24H19F2N3O3/c25-17-7-3-5-15(11-17)12-21(16-6-4-8-18(26)13-16)27-22(30)14-29-23(31)19-9-1-2-10-20(19)28-24(29)32/h1-11,13,21H,12,14H2,(H,27,30)(H,28,32). The van der Waals surface area contributed by atoms with Crippen LogP contribution in [-0.4, -0.2) is 15.5 Å². The lowest BCUT2D eigenvalue weighted by atomic mass is 9.98. The third-order valence-electron chi connectivity index (χ3n) is 5.11. The molecule has 1 aromatic heterocycles. The van der Waals surface area contributed by atoms with E-state index in [-0.39, 0.29) is 11.8 Å². The molecule has 4 aromatic rings. The van der Waals surface area contributed by atoms with Gasteiger partial charge in [-0.3, -0.25) is 14.2 Å². The third-order valence-corrected chi connectivity index (χ3v) is 5.11. The van der Waals surface area contributed by atoms with Gasteiger partial charge < -0.3 is 10.3 Å². The Balaban J connectivity index is 1.62. The second-order valence-corrected chi connectivity index (χ2v) is 7.38. The van der Waals surface area contributed by atoms with E-state index in [1.165, 1.54) is 30.3 Å². The molecule has 1 atom stereocenters. The summed E-state index contributed by atoms with van der Waals surface area (Å²) in [5.74, 6) is -1.53. The van der Waals surface area contributed by atoms with Gasteiger partial charge in [0.2, 0.25) is 5.91 Å². The molecule has 0 aliphatic heterocycles. The molecule has 32 heavy (non-hydrogen) atoms. The van der Waals surface area contributed by atoms with Crippen molar-refractivity contribution < 1.29 is 13.6 Å². The van der Waals surface area contributed by atoms with Crippen LogP contribution < -0.4 is 16.6 Å². The maximum absolute atomic E-state index is 13.8. The summed E-state index contributed by atoms with van der Waals surface area (Å²) in [7, 11) is 0. The Morgan fingerprint density at radius 2 is 1.66 bits per heavy atom. The van der Waals surface area contributed by atoms with Gasteiger partial charge in [0.1, 0.15) is 18.2 Å². The number of halogens is 2. The Labute approximate surface area is 181 Å². The van der Waals surface area contributed by atoms with Gasteiger partial charge in [-0.05, 0) is 53.9 Å². The zero-order valence-corrected chi connectivity index (χ0v) is 16.8. The fourth-order valence-electron chi connectivity index (χ4n) is 3.60. The van der Waals surface area contributed by atoms with E-state index < -0.39 is 41.4 Å². The summed E-state index contributed by atoms with van der Waals surface area (Å²) in [5.41, 5.74) is 0.147. The summed E-state index contributed by atoms with van der Waals surface area (Å²) >= 11 is 0. The average molecular weight is 435 g/mol. The second kappa shape index (κ2) is 8.97. The molecule has 6 nitrogen and oxygen atoms in total. The zero-order valence-electron chi connectivity index (χ0n) is 16.8. The molecule has 0 saturated carbocycles. The fourth-order valence-corrected chi connectivity index (χ4v) is 3.60. The number of H-pyrrole nitrogens is 1. The van der Waals surface area contributed by atoms with Crippen LogP contribution in [0.4, 0.5) is 8.78 Å². The minimum absolute atomic E-state index is 0.190. The van der Waals surface area contributed by atoms with E-state index in [0.717, 1.165) is 4.57 Å². The molecule has 0 radical (unpaired) electrons. The number of hydrogen-bond acceptors (Lipinski definition) is 3. The molecule has 0 aliphatic carbocycles. The van der Waals surface area contributed by atoms with Gasteiger partial charge in [-0.25, -0.2) is 13.6 Å². The highest BCUT2D eigenvalue weighted by atomic mass is 19.1. The van der Waals surface area contributed by atoms with E-state index >= 15 is 0 Å². The summed E-state index contributed by atoms with van der Waals surface area (Å²) < 4.78 is 28.2. The van der Waals surface area contributed by atoms with Crippen molar-refractivity contribution in [3.05, 3.63) is 116 Å². The lowest BCUT2D eigenvalue weighted by molar-refractivity contribution is -0.122. The number of para-hydroxylation sites is 1. The Bertz CT molecular complexity index is 1410. The van der Waals surface area contributed by atoms with Crippen LogP contribution in [0.25, 0.3) is 10.9 Å². The number of aromatic amines is 1. The Morgan fingerprint density at radius 1 is 0.938 bits per heavy atom. The average Bonchev–Trinajstić information content (AvgIpc) is 2.76. The molecule has 2 N–H and O–H groups in total. The summed E-state index contributed by atoms with van der Waals surface area (Å²) in [5, 5.41) is 3.02. The van der Waals surface area contributed by atoms with Crippen LogP contribution in [0, 0.1) is 11.6 Å². The SMILES string of the molecule is O=C(Cn1c(=O)[nH]c2ccccc2c1=O)NC(Cc1cccc(F)c1)c1cccc(F)c1. The number of nitrogens with zero attached hydrogens (tertiary/aromatic N) is 1. The monoisotopic (exact) mass is 435 g/mol. The topological polar surface area (TPSA) is 84.0 Å².